The van der Waals surface area contributed by atoms with Crippen LogP contribution in [0.3, 0.4) is 0 Å². The van der Waals surface area contributed by atoms with E-state index in [1.54, 1.807) is 44.1 Å². The number of nitrogens with one attached hydrogen (secondary N) is 1. The molecule has 0 fully saturated rings. The van der Waals surface area contributed by atoms with Crippen molar-refractivity contribution in [3.8, 4) is 6.07 Å². The summed E-state index contributed by atoms with van der Waals surface area (Å²) in [6.07, 6.45) is 3.52. The van der Waals surface area contributed by atoms with Gasteiger partial charge in [-0.3, -0.25) is 9.78 Å². The molecule has 0 bridgehead atoms. The Morgan fingerprint density at radius 2 is 1.89 bits per heavy atom. The lowest BCUT2D eigenvalue weighted by atomic mass is 10.1. The van der Waals surface area contributed by atoms with Gasteiger partial charge in [-0.05, 0) is 56.7 Å². The topological polar surface area (TPSA) is 103 Å². The molecular formula is C20H24N4O3S. The van der Waals surface area contributed by atoms with Gasteiger partial charge < -0.3 is 4.90 Å². The average Bonchev–Trinajstić information content (AvgIpc) is 2.63. The smallest absolute Gasteiger partial charge is 0.254 e. The van der Waals surface area contributed by atoms with Gasteiger partial charge >= 0.3 is 0 Å². The zero-order valence-corrected chi connectivity index (χ0v) is 17.0. The molecule has 0 unspecified atom stereocenters. The van der Waals surface area contributed by atoms with E-state index in [4.69, 9.17) is 5.26 Å². The highest BCUT2D eigenvalue weighted by atomic mass is 32.2. The quantitative estimate of drug-likeness (QED) is 0.770. The summed E-state index contributed by atoms with van der Waals surface area (Å²) in [5.41, 5.74) is 0.601. The number of nitriles is 1. The number of carbonyl (C=O) groups excluding carboxylic acids is 1. The Kier molecular flexibility index (Phi) is 6.89. The van der Waals surface area contributed by atoms with Crippen molar-refractivity contribution in [2.24, 2.45) is 0 Å². The second kappa shape index (κ2) is 8.95. The monoisotopic (exact) mass is 400 g/mol. The predicted molar refractivity (Wildman–Crippen MR) is 106 cm³/mol. The summed E-state index contributed by atoms with van der Waals surface area (Å²) < 4.78 is 27.4. The molecule has 1 aromatic carbocycles. The summed E-state index contributed by atoms with van der Waals surface area (Å²) in [4.78, 5) is 18.6. The molecule has 2 rings (SSSR count). The summed E-state index contributed by atoms with van der Waals surface area (Å²) in [5.74, 6) is -0.271. The van der Waals surface area contributed by atoms with Gasteiger partial charge in [0, 0.05) is 36.6 Å². The zero-order valence-electron chi connectivity index (χ0n) is 16.2. The maximum atomic E-state index is 12.9. The number of sulfonamides is 1. The van der Waals surface area contributed by atoms with Crippen LogP contribution in [-0.2, 0) is 16.6 Å². The van der Waals surface area contributed by atoms with Crippen LogP contribution in [0.4, 0.5) is 0 Å². The van der Waals surface area contributed by atoms with Gasteiger partial charge in [-0.1, -0.05) is 6.07 Å². The molecule has 0 spiro atoms. The first kappa shape index (κ1) is 21.5. The Bertz CT molecular complexity index is 944. The average molecular weight is 401 g/mol. The molecule has 0 aliphatic carbocycles. The normalized spacial score (nSPS) is 11.6. The van der Waals surface area contributed by atoms with E-state index in [2.05, 4.69) is 9.71 Å². The molecule has 0 atom stereocenters. The third kappa shape index (κ3) is 6.15. The molecule has 8 heteroatoms. The number of amides is 1. The van der Waals surface area contributed by atoms with Crippen LogP contribution in [0, 0.1) is 11.3 Å². The fourth-order valence-corrected chi connectivity index (χ4v) is 3.99. The molecule has 0 aliphatic rings. The third-order valence-electron chi connectivity index (χ3n) is 3.73. The molecular weight excluding hydrogens is 376 g/mol. The van der Waals surface area contributed by atoms with E-state index >= 15 is 0 Å². The van der Waals surface area contributed by atoms with Crippen molar-refractivity contribution >= 4 is 15.9 Å². The largest absolute Gasteiger partial charge is 0.333 e. The summed E-state index contributed by atoms with van der Waals surface area (Å²) in [7, 11) is -3.67. The van der Waals surface area contributed by atoms with E-state index in [-0.39, 0.29) is 23.8 Å². The number of pyridine rings is 1. The Morgan fingerprint density at radius 3 is 2.43 bits per heavy atom. The first-order valence-corrected chi connectivity index (χ1v) is 10.3. The first-order valence-electron chi connectivity index (χ1n) is 8.81. The minimum Gasteiger partial charge on any atom is -0.333 e. The van der Waals surface area contributed by atoms with Gasteiger partial charge in [-0.25, -0.2) is 13.1 Å². The second-order valence-corrected chi connectivity index (χ2v) is 9.06. The Balaban J connectivity index is 2.21. The van der Waals surface area contributed by atoms with Crippen LogP contribution >= 0.6 is 0 Å². The molecule has 7 nitrogen and oxygen atoms in total. The third-order valence-corrected chi connectivity index (χ3v) is 5.50. The number of nitrogens with zero attached hydrogens (tertiary/aromatic N) is 3. The van der Waals surface area contributed by atoms with Crippen molar-refractivity contribution in [3.05, 3.63) is 59.9 Å². The van der Waals surface area contributed by atoms with Crippen LogP contribution in [0.2, 0.25) is 0 Å². The maximum absolute atomic E-state index is 12.9. The fraction of sp³-hybridized carbons (Fsp3) is 0.350. The number of hydrogen-bond donors (Lipinski definition) is 1. The SMILES string of the molecule is CC(C)(C)NS(=O)(=O)c1ccc(C(=O)N(CCC#N)Cc2cccnc2)cc1. The van der Waals surface area contributed by atoms with E-state index in [0.29, 0.717) is 12.1 Å². The van der Waals surface area contributed by atoms with Gasteiger partial charge in [0.15, 0.2) is 0 Å². The van der Waals surface area contributed by atoms with Crippen LogP contribution < -0.4 is 4.72 Å². The van der Waals surface area contributed by atoms with E-state index in [1.165, 1.54) is 24.3 Å². The number of benzene rings is 1. The minimum atomic E-state index is -3.67. The van der Waals surface area contributed by atoms with Crippen LogP contribution in [0.15, 0.2) is 53.7 Å². The van der Waals surface area contributed by atoms with Crippen LogP contribution in [0.1, 0.15) is 43.1 Å². The summed E-state index contributed by atoms with van der Waals surface area (Å²) in [6.45, 7) is 5.87. The fourth-order valence-electron chi connectivity index (χ4n) is 2.57. The summed E-state index contributed by atoms with van der Waals surface area (Å²) in [6, 6.07) is 11.5. The highest BCUT2D eigenvalue weighted by molar-refractivity contribution is 7.89. The van der Waals surface area contributed by atoms with Gasteiger partial charge in [0.1, 0.15) is 0 Å². The van der Waals surface area contributed by atoms with E-state index in [1.807, 2.05) is 12.1 Å². The molecule has 0 saturated heterocycles. The van der Waals surface area contributed by atoms with Crippen molar-refractivity contribution in [3.63, 3.8) is 0 Å². The lowest BCUT2D eigenvalue weighted by Crippen LogP contribution is -2.40. The van der Waals surface area contributed by atoms with Gasteiger partial charge in [-0.15, -0.1) is 0 Å². The molecule has 1 amide bonds. The van der Waals surface area contributed by atoms with E-state index in [0.717, 1.165) is 5.56 Å². The summed E-state index contributed by atoms with van der Waals surface area (Å²) in [5, 5.41) is 8.88. The molecule has 1 N–H and O–H groups in total. The highest BCUT2D eigenvalue weighted by Crippen LogP contribution is 2.16. The maximum Gasteiger partial charge on any atom is 0.254 e. The van der Waals surface area contributed by atoms with Crippen LogP contribution in [0.5, 0.6) is 0 Å². The first-order chi connectivity index (χ1) is 13.1. The molecule has 1 aromatic heterocycles. The highest BCUT2D eigenvalue weighted by Gasteiger charge is 2.23. The minimum absolute atomic E-state index is 0.0924. The van der Waals surface area contributed by atoms with Crippen molar-refractivity contribution in [1.82, 2.24) is 14.6 Å². The van der Waals surface area contributed by atoms with Gasteiger partial charge in [0.2, 0.25) is 10.0 Å². The second-order valence-electron chi connectivity index (χ2n) is 7.38. The lowest BCUT2D eigenvalue weighted by molar-refractivity contribution is 0.0746. The van der Waals surface area contributed by atoms with Crippen molar-refractivity contribution in [2.45, 2.75) is 44.2 Å². The molecule has 0 aliphatic heterocycles. The molecule has 0 radical (unpaired) electrons. The van der Waals surface area contributed by atoms with Crippen molar-refractivity contribution in [2.75, 3.05) is 6.54 Å². The number of aromatic nitrogens is 1. The van der Waals surface area contributed by atoms with Crippen molar-refractivity contribution in [1.29, 1.82) is 5.26 Å². The zero-order chi connectivity index (χ0) is 20.8. The molecule has 1 heterocycles. The van der Waals surface area contributed by atoms with Gasteiger partial charge in [0.25, 0.3) is 5.91 Å². The standard InChI is InChI=1S/C20H24N4O3S/c1-20(2,3)23-28(26,27)18-9-7-17(8-10-18)19(25)24(13-5-11-21)15-16-6-4-12-22-14-16/h4,6-10,12,14,23H,5,13,15H2,1-3H3. The van der Waals surface area contributed by atoms with Gasteiger partial charge in [-0.2, -0.15) is 5.26 Å². The number of rotatable bonds is 7. The lowest BCUT2D eigenvalue weighted by Gasteiger charge is -2.22. The van der Waals surface area contributed by atoms with Crippen LogP contribution in [-0.4, -0.2) is 36.3 Å². The molecule has 0 saturated carbocycles. The Labute approximate surface area is 166 Å². The summed E-state index contributed by atoms with van der Waals surface area (Å²) >= 11 is 0. The molecule has 2 aromatic rings. The number of hydrogen-bond acceptors (Lipinski definition) is 5. The van der Waals surface area contributed by atoms with Crippen molar-refractivity contribution < 1.29 is 13.2 Å². The van der Waals surface area contributed by atoms with Crippen LogP contribution in [0.25, 0.3) is 0 Å². The Hall–Kier alpha value is -2.76. The molecule has 28 heavy (non-hydrogen) atoms. The van der Waals surface area contributed by atoms with E-state index in [9.17, 15) is 13.2 Å². The molecule has 148 valence electrons. The predicted octanol–water partition coefficient (Wildman–Crippen LogP) is 2.71. The Morgan fingerprint density at radius 1 is 1.21 bits per heavy atom. The number of carbonyl (C=O) groups is 1. The van der Waals surface area contributed by atoms with Gasteiger partial charge in [0.05, 0.1) is 17.4 Å². The van der Waals surface area contributed by atoms with E-state index < -0.39 is 15.6 Å².